The number of nitrogens with zero attached hydrogens (tertiary/aromatic N) is 3. The molecule has 0 atom stereocenters. The lowest BCUT2D eigenvalue weighted by Gasteiger charge is -2.18. The van der Waals surface area contributed by atoms with Gasteiger partial charge in [0.25, 0.3) is 0 Å². The molecule has 0 spiro atoms. The fourth-order valence-corrected chi connectivity index (χ4v) is 1.85. The van der Waals surface area contributed by atoms with E-state index < -0.39 is 0 Å². The molecule has 1 aromatic heterocycles. The average Bonchev–Trinajstić information content (AvgIpc) is 2.56. The van der Waals surface area contributed by atoms with Gasteiger partial charge in [-0.1, -0.05) is 0 Å². The van der Waals surface area contributed by atoms with Crippen LogP contribution >= 0.6 is 0 Å². The monoisotopic (exact) mass is 177 g/mol. The van der Waals surface area contributed by atoms with Crippen molar-refractivity contribution in [2.24, 2.45) is 0 Å². The van der Waals surface area contributed by atoms with Gasteiger partial charge < -0.3 is 4.90 Å². The Hall–Kier alpha value is -1.12. The van der Waals surface area contributed by atoms with E-state index in [4.69, 9.17) is 0 Å². The van der Waals surface area contributed by atoms with Crippen molar-refractivity contribution in [3.63, 3.8) is 0 Å². The van der Waals surface area contributed by atoms with E-state index in [2.05, 4.69) is 21.8 Å². The Morgan fingerprint density at radius 1 is 1.23 bits per heavy atom. The Kier molecular flexibility index (Phi) is 2.17. The summed E-state index contributed by atoms with van der Waals surface area (Å²) in [6.45, 7) is 6.31. The summed E-state index contributed by atoms with van der Waals surface area (Å²) in [7, 11) is 0. The first-order valence-corrected chi connectivity index (χ1v) is 4.82. The summed E-state index contributed by atoms with van der Waals surface area (Å²) in [5.41, 5.74) is 2.32. The van der Waals surface area contributed by atoms with Crippen LogP contribution in [-0.2, 0) is 0 Å². The summed E-state index contributed by atoms with van der Waals surface area (Å²) in [6.07, 6.45) is 4.55. The maximum atomic E-state index is 4.37. The van der Waals surface area contributed by atoms with Crippen molar-refractivity contribution in [1.82, 2.24) is 9.97 Å². The zero-order valence-corrected chi connectivity index (χ0v) is 8.25. The van der Waals surface area contributed by atoms with Gasteiger partial charge in [0, 0.05) is 13.1 Å². The molecule has 0 radical (unpaired) electrons. The molecule has 3 nitrogen and oxygen atoms in total. The highest BCUT2D eigenvalue weighted by atomic mass is 15.2. The van der Waals surface area contributed by atoms with Gasteiger partial charge in [-0.15, -0.1) is 0 Å². The van der Waals surface area contributed by atoms with Gasteiger partial charge in [-0.05, 0) is 26.7 Å². The van der Waals surface area contributed by atoms with Crippen LogP contribution < -0.4 is 4.90 Å². The molecule has 70 valence electrons. The van der Waals surface area contributed by atoms with Crippen LogP contribution in [0, 0.1) is 13.8 Å². The minimum atomic E-state index is 0.862. The number of hydrogen-bond donors (Lipinski definition) is 0. The van der Waals surface area contributed by atoms with E-state index >= 15 is 0 Å². The zero-order valence-electron chi connectivity index (χ0n) is 8.25. The van der Waals surface area contributed by atoms with Gasteiger partial charge in [-0.25, -0.2) is 9.97 Å². The molecule has 0 amide bonds. The van der Waals surface area contributed by atoms with Crippen molar-refractivity contribution in [1.29, 1.82) is 0 Å². The molecule has 1 aromatic rings. The van der Waals surface area contributed by atoms with Crippen LogP contribution in [0.4, 0.5) is 5.69 Å². The van der Waals surface area contributed by atoms with Gasteiger partial charge in [-0.2, -0.15) is 0 Å². The highest BCUT2D eigenvalue weighted by molar-refractivity contribution is 5.48. The van der Waals surface area contributed by atoms with E-state index in [0.29, 0.717) is 0 Å². The molecule has 0 unspecified atom stereocenters. The smallest absolute Gasteiger partial charge is 0.125 e. The number of hydrogen-bond acceptors (Lipinski definition) is 3. The lowest BCUT2D eigenvalue weighted by Crippen LogP contribution is -2.19. The van der Waals surface area contributed by atoms with E-state index in [1.807, 2.05) is 13.1 Å². The lowest BCUT2D eigenvalue weighted by atomic mass is 10.3. The Bertz CT molecular complexity index is 303. The third kappa shape index (κ3) is 1.64. The molecule has 0 saturated carbocycles. The second-order valence-corrected chi connectivity index (χ2v) is 3.58. The predicted molar refractivity (Wildman–Crippen MR) is 53.0 cm³/mol. The van der Waals surface area contributed by atoms with Crippen LogP contribution in [0.2, 0.25) is 0 Å². The van der Waals surface area contributed by atoms with E-state index in [0.717, 1.165) is 24.6 Å². The molecule has 0 N–H and O–H groups in total. The Labute approximate surface area is 78.8 Å². The summed E-state index contributed by atoms with van der Waals surface area (Å²) < 4.78 is 0. The van der Waals surface area contributed by atoms with Crippen molar-refractivity contribution < 1.29 is 0 Å². The SMILES string of the molecule is Cc1ncc(N2CCCC2)c(C)n1. The Morgan fingerprint density at radius 3 is 2.54 bits per heavy atom. The molecule has 0 aliphatic carbocycles. The van der Waals surface area contributed by atoms with Crippen molar-refractivity contribution in [3.05, 3.63) is 17.7 Å². The Balaban J connectivity index is 2.29. The van der Waals surface area contributed by atoms with Crippen molar-refractivity contribution in [2.75, 3.05) is 18.0 Å². The van der Waals surface area contributed by atoms with Gasteiger partial charge in [-0.3, -0.25) is 0 Å². The van der Waals surface area contributed by atoms with Crippen LogP contribution in [0.25, 0.3) is 0 Å². The molecule has 1 aliphatic heterocycles. The van der Waals surface area contributed by atoms with Crippen molar-refractivity contribution in [3.8, 4) is 0 Å². The number of anilines is 1. The van der Waals surface area contributed by atoms with E-state index in [-0.39, 0.29) is 0 Å². The maximum Gasteiger partial charge on any atom is 0.125 e. The summed E-state index contributed by atoms with van der Waals surface area (Å²) in [4.78, 5) is 11.0. The largest absolute Gasteiger partial charge is 0.369 e. The van der Waals surface area contributed by atoms with E-state index in [1.54, 1.807) is 0 Å². The van der Waals surface area contributed by atoms with Crippen molar-refractivity contribution in [2.45, 2.75) is 26.7 Å². The number of aromatic nitrogens is 2. The minimum absolute atomic E-state index is 0.862. The average molecular weight is 177 g/mol. The van der Waals surface area contributed by atoms with Crippen molar-refractivity contribution >= 4 is 5.69 Å². The van der Waals surface area contributed by atoms with Crippen LogP contribution in [0.1, 0.15) is 24.4 Å². The standard InChI is InChI=1S/C10H15N3/c1-8-10(7-11-9(2)12-8)13-5-3-4-6-13/h7H,3-6H2,1-2H3. The summed E-state index contributed by atoms with van der Waals surface area (Å²) in [6, 6.07) is 0. The van der Waals surface area contributed by atoms with Gasteiger partial charge in [0.05, 0.1) is 17.6 Å². The molecule has 2 rings (SSSR count). The summed E-state index contributed by atoms with van der Waals surface area (Å²) >= 11 is 0. The molecule has 1 fully saturated rings. The third-order valence-electron chi connectivity index (χ3n) is 2.52. The number of rotatable bonds is 1. The second kappa shape index (κ2) is 3.32. The van der Waals surface area contributed by atoms with Gasteiger partial charge in [0.2, 0.25) is 0 Å². The lowest BCUT2D eigenvalue weighted by molar-refractivity contribution is 0.915. The highest BCUT2D eigenvalue weighted by Crippen LogP contribution is 2.21. The molecule has 1 aliphatic rings. The van der Waals surface area contributed by atoms with Crippen LogP contribution in [0.15, 0.2) is 6.20 Å². The normalized spacial score (nSPS) is 16.6. The Morgan fingerprint density at radius 2 is 1.92 bits per heavy atom. The first-order chi connectivity index (χ1) is 6.27. The molecule has 1 saturated heterocycles. The first-order valence-electron chi connectivity index (χ1n) is 4.82. The van der Waals surface area contributed by atoms with Gasteiger partial charge >= 0.3 is 0 Å². The molecular weight excluding hydrogens is 162 g/mol. The van der Waals surface area contributed by atoms with Gasteiger partial charge in [0.1, 0.15) is 5.82 Å². The molecule has 0 bridgehead atoms. The maximum absolute atomic E-state index is 4.37. The van der Waals surface area contributed by atoms with E-state index in [9.17, 15) is 0 Å². The third-order valence-corrected chi connectivity index (χ3v) is 2.52. The van der Waals surface area contributed by atoms with Crippen LogP contribution in [-0.4, -0.2) is 23.1 Å². The molecule has 13 heavy (non-hydrogen) atoms. The topological polar surface area (TPSA) is 29.0 Å². The minimum Gasteiger partial charge on any atom is -0.369 e. The van der Waals surface area contributed by atoms with E-state index in [1.165, 1.54) is 18.5 Å². The van der Waals surface area contributed by atoms with Crippen LogP contribution in [0.3, 0.4) is 0 Å². The first kappa shape index (κ1) is 8.48. The number of aryl methyl sites for hydroxylation is 2. The molecule has 3 heteroatoms. The highest BCUT2D eigenvalue weighted by Gasteiger charge is 2.14. The fraction of sp³-hybridized carbons (Fsp3) is 0.600. The molecular formula is C10H15N3. The van der Waals surface area contributed by atoms with Gasteiger partial charge in [0.15, 0.2) is 0 Å². The molecule has 0 aromatic carbocycles. The zero-order chi connectivity index (χ0) is 9.26. The second-order valence-electron chi connectivity index (χ2n) is 3.58. The molecule has 2 heterocycles. The van der Waals surface area contributed by atoms with Crippen LogP contribution in [0.5, 0.6) is 0 Å². The quantitative estimate of drug-likeness (QED) is 0.653. The fourth-order valence-electron chi connectivity index (χ4n) is 1.85. The summed E-state index contributed by atoms with van der Waals surface area (Å²) in [5, 5.41) is 0. The predicted octanol–water partition coefficient (Wildman–Crippen LogP) is 1.69. The summed E-state index contributed by atoms with van der Waals surface area (Å²) in [5.74, 6) is 0.862.